The zero-order valence-electron chi connectivity index (χ0n) is 37.3. The molecular weight excluding hydrogens is 709 g/mol. The molecule has 0 N–H and O–H groups in total. The molecule has 0 fully saturated rings. The van der Waals surface area contributed by atoms with Crippen molar-refractivity contribution in [2.75, 3.05) is 13.2 Å². The molecule has 0 spiro atoms. The summed E-state index contributed by atoms with van der Waals surface area (Å²) in [6.45, 7) is 6.43. The van der Waals surface area contributed by atoms with Crippen LogP contribution in [0.3, 0.4) is 0 Å². The summed E-state index contributed by atoms with van der Waals surface area (Å²) in [4.78, 5) is 37.7. The van der Waals surface area contributed by atoms with Gasteiger partial charge in [-0.2, -0.15) is 0 Å². The Labute approximate surface area is 351 Å². The first-order chi connectivity index (χ1) is 28.0. The number of hydrogen-bond donors (Lipinski definition) is 0. The molecule has 6 heteroatoms. The summed E-state index contributed by atoms with van der Waals surface area (Å²) >= 11 is 0. The van der Waals surface area contributed by atoms with E-state index < -0.39 is 6.10 Å². The Bertz CT molecular complexity index is 1050. The van der Waals surface area contributed by atoms with Gasteiger partial charge in [-0.05, 0) is 83.5 Å². The Balaban J connectivity index is 4.32. The Kier molecular flexibility index (Phi) is 43.5. The molecule has 328 valence electrons. The van der Waals surface area contributed by atoms with E-state index in [0.29, 0.717) is 19.3 Å². The zero-order chi connectivity index (χ0) is 41.5. The van der Waals surface area contributed by atoms with Crippen LogP contribution in [0.5, 0.6) is 0 Å². The largest absolute Gasteiger partial charge is 0.462 e. The maximum Gasteiger partial charge on any atom is 0.306 e. The molecule has 0 radical (unpaired) electrons. The Hall–Kier alpha value is -2.89. The summed E-state index contributed by atoms with van der Waals surface area (Å²) in [5.41, 5.74) is 0. The molecule has 0 aliphatic rings. The lowest BCUT2D eigenvalue weighted by molar-refractivity contribution is -0.167. The molecule has 0 heterocycles. The summed E-state index contributed by atoms with van der Waals surface area (Å²) in [6.07, 6.45) is 55.0. The zero-order valence-corrected chi connectivity index (χ0v) is 37.3. The molecule has 6 nitrogen and oxygen atoms in total. The lowest BCUT2D eigenvalue weighted by Crippen LogP contribution is -2.30. The predicted molar refractivity (Wildman–Crippen MR) is 242 cm³/mol. The van der Waals surface area contributed by atoms with Crippen LogP contribution in [0.1, 0.15) is 226 Å². The average Bonchev–Trinajstić information content (AvgIpc) is 3.21. The summed E-state index contributed by atoms with van der Waals surface area (Å²) in [5.74, 6) is -0.916. The molecule has 0 bridgehead atoms. The molecule has 1 unspecified atom stereocenters. The SMILES string of the molecule is CC/C=C\C/C=C\C/C=C\CCCCCCCC(=O)OC(COC(=O)CCCCCCCCC)COC(=O)CCCCCCCCC/C=C\C/C=C\CCCCC. The van der Waals surface area contributed by atoms with E-state index in [1.54, 1.807) is 0 Å². The highest BCUT2D eigenvalue weighted by atomic mass is 16.6. The molecule has 0 amide bonds. The summed E-state index contributed by atoms with van der Waals surface area (Å²) in [6, 6.07) is 0. The number of hydrogen-bond acceptors (Lipinski definition) is 6. The molecule has 0 rings (SSSR count). The number of unbranched alkanes of at least 4 members (excludes halogenated alkanes) is 21. The Morgan fingerprint density at radius 3 is 1.11 bits per heavy atom. The molecule has 0 aromatic rings. The van der Waals surface area contributed by atoms with Gasteiger partial charge in [0.05, 0.1) is 0 Å². The Morgan fingerprint density at radius 2 is 0.684 bits per heavy atom. The van der Waals surface area contributed by atoms with Gasteiger partial charge < -0.3 is 14.2 Å². The van der Waals surface area contributed by atoms with E-state index in [-0.39, 0.29) is 31.1 Å². The molecule has 0 aromatic heterocycles. The summed E-state index contributed by atoms with van der Waals surface area (Å²) in [7, 11) is 0. The quantitative estimate of drug-likeness (QED) is 0.0265. The van der Waals surface area contributed by atoms with Crippen molar-refractivity contribution in [3.05, 3.63) is 60.8 Å². The standard InChI is InChI=1S/C51H88O6/c1-4-7-10-13-16-18-20-22-24-25-27-28-30-32-35-38-41-44-50(53)56-47-48(46-55-49(52)43-40-37-34-15-12-9-6-3)57-51(54)45-42-39-36-33-31-29-26-23-21-19-17-14-11-8-5-2/h8,11,16-19,22-24,26,48H,4-7,9-10,12-15,20-21,25,27-47H2,1-3H3/b11-8-,18-16-,19-17-,24-22-,26-23-. The van der Waals surface area contributed by atoms with E-state index in [4.69, 9.17) is 14.2 Å². The number of allylic oxidation sites excluding steroid dienone is 10. The van der Waals surface area contributed by atoms with E-state index in [0.717, 1.165) is 109 Å². The molecule has 57 heavy (non-hydrogen) atoms. The number of esters is 3. The highest BCUT2D eigenvalue weighted by molar-refractivity contribution is 5.71. The second-order valence-corrected chi connectivity index (χ2v) is 15.6. The van der Waals surface area contributed by atoms with Crippen molar-refractivity contribution in [2.24, 2.45) is 0 Å². The van der Waals surface area contributed by atoms with Crippen LogP contribution in [-0.4, -0.2) is 37.2 Å². The second kappa shape index (κ2) is 45.8. The third-order valence-electron chi connectivity index (χ3n) is 10.0. The maximum absolute atomic E-state index is 12.7. The van der Waals surface area contributed by atoms with Crippen molar-refractivity contribution in [3.8, 4) is 0 Å². The fourth-order valence-corrected chi connectivity index (χ4v) is 6.43. The van der Waals surface area contributed by atoms with Crippen LogP contribution in [0.2, 0.25) is 0 Å². The fourth-order valence-electron chi connectivity index (χ4n) is 6.43. The summed E-state index contributed by atoms with van der Waals surface area (Å²) in [5, 5.41) is 0. The van der Waals surface area contributed by atoms with E-state index in [9.17, 15) is 14.4 Å². The molecule has 0 aliphatic heterocycles. The molecule has 0 saturated carbocycles. The van der Waals surface area contributed by atoms with E-state index in [2.05, 4.69) is 81.5 Å². The van der Waals surface area contributed by atoms with Gasteiger partial charge in [0.25, 0.3) is 0 Å². The monoisotopic (exact) mass is 797 g/mol. The van der Waals surface area contributed by atoms with Gasteiger partial charge in [-0.1, -0.05) is 184 Å². The van der Waals surface area contributed by atoms with Crippen molar-refractivity contribution in [2.45, 2.75) is 232 Å². The van der Waals surface area contributed by atoms with Crippen LogP contribution >= 0.6 is 0 Å². The number of carbonyl (C=O) groups excluding carboxylic acids is 3. The third kappa shape index (κ3) is 44.1. The third-order valence-corrected chi connectivity index (χ3v) is 10.0. The minimum absolute atomic E-state index is 0.0838. The van der Waals surface area contributed by atoms with Crippen molar-refractivity contribution in [1.29, 1.82) is 0 Å². The fraction of sp³-hybridized carbons (Fsp3) is 0.745. The van der Waals surface area contributed by atoms with Gasteiger partial charge in [0.2, 0.25) is 0 Å². The first-order valence-electron chi connectivity index (χ1n) is 23.8. The van der Waals surface area contributed by atoms with Gasteiger partial charge in [-0.15, -0.1) is 0 Å². The van der Waals surface area contributed by atoms with Gasteiger partial charge in [0.1, 0.15) is 13.2 Å². The van der Waals surface area contributed by atoms with E-state index >= 15 is 0 Å². The van der Waals surface area contributed by atoms with Crippen LogP contribution in [-0.2, 0) is 28.6 Å². The number of ether oxygens (including phenoxy) is 3. The van der Waals surface area contributed by atoms with Crippen molar-refractivity contribution in [1.82, 2.24) is 0 Å². The van der Waals surface area contributed by atoms with Crippen LogP contribution in [0.4, 0.5) is 0 Å². The number of carbonyl (C=O) groups is 3. The highest BCUT2D eigenvalue weighted by Crippen LogP contribution is 2.13. The topological polar surface area (TPSA) is 78.9 Å². The van der Waals surface area contributed by atoms with Crippen molar-refractivity contribution < 1.29 is 28.6 Å². The Morgan fingerprint density at radius 1 is 0.368 bits per heavy atom. The van der Waals surface area contributed by atoms with E-state index in [1.165, 1.54) is 77.0 Å². The molecule has 0 aliphatic carbocycles. The minimum atomic E-state index is -0.782. The average molecular weight is 797 g/mol. The van der Waals surface area contributed by atoms with Crippen molar-refractivity contribution >= 4 is 17.9 Å². The van der Waals surface area contributed by atoms with Crippen LogP contribution in [0.25, 0.3) is 0 Å². The van der Waals surface area contributed by atoms with Gasteiger partial charge in [0, 0.05) is 19.3 Å². The lowest BCUT2D eigenvalue weighted by atomic mass is 10.1. The summed E-state index contributed by atoms with van der Waals surface area (Å²) < 4.78 is 16.7. The smallest absolute Gasteiger partial charge is 0.306 e. The predicted octanol–water partition coefficient (Wildman–Crippen LogP) is 15.3. The second-order valence-electron chi connectivity index (χ2n) is 15.6. The van der Waals surface area contributed by atoms with Gasteiger partial charge in [-0.25, -0.2) is 0 Å². The van der Waals surface area contributed by atoms with Crippen LogP contribution in [0, 0.1) is 0 Å². The minimum Gasteiger partial charge on any atom is -0.462 e. The molecule has 1 atom stereocenters. The van der Waals surface area contributed by atoms with Crippen molar-refractivity contribution in [3.63, 3.8) is 0 Å². The van der Waals surface area contributed by atoms with E-state index in [1.807, 2.05) is 0 Å². The highest BCUT2D eigenvalue weighted by Gasteiger charge is 2.19. The van der Waals surface area contributed by atoms with Gasteiger partial charge in [-0.3, -0.25) is 14.4 Å². The first-order valence-corrected chi connectivity index (χ1v) is 23.8. The molecular formula is C51H88O6. The molecule has 0 aromatic carbocycles. The number of rotatable bonds is 42. The first kappa shape index (κ1) is 54.1. The lowest BCUT2D eigenvalue weighted by Gasteiger charge is -2.18. The molecule has 0 saturated heterocycles. The maximum atomic E-state index is 12.7. The van der Waals surface area contributed by atoms with Gasteiger partial charge in [0.15, 0.2) is 6.10 Å². The van der Waals surface area contributed by atoms with Gasteiger partial charge >= 0.3 is 17.9 Å². The van der Waals surface area contributed by atoms with Crippen LogP contribution in [0.15, 0.2) is 60.8 Å². The van der Waals surface area contributed by atoms with Crippen LogP contribution < -0.4 is 0 Å². The normalized spacial score (nSPS) is 12.5.